The zero-order valence-corrected chi connectivity index (χ0v) is 12.2. The Morgan fingerprint density at radius 1 is 1.37 bits per heavy atom. The Morgan fingerprint density at radius 3 is 2.63 bits per heavy atom. The Morgan fingerprint density at radius 2 is 2.05 bits per heavy atom. The van der Waals surface area contributed by atoms with Gasteiger partial charge in [-0.3, -0.25) is 10.1 Å². The topological polar surface area (TPSA) is 58.6 Å². The van der Waals surface area contributed by atoms with Gasteiger partial charge >= 0.3 is 5.97 Å². The predicted octanol–water partition coefficient (Wildman–Crippen LogP) is 2.71. The van der Waals surface area contributed by atoms with E-state index in [1.54, 1.807) is 6.92 Å². The molecule has 110 valence electrons. The van der Waals surface area contributed by atoms with E-state index in [0.29, 0.717) is 13.0 Å². The summed E-state index contributed by atoms with van der Waals surface area (Å²) in [5.41, 5.74) is -0.706. The fourth-order valence-electron chi connectivity index (χ4n) is 3.29. The highest BCUT2D eigenvalue weighted by Gasteiger charge is 2.41. The van der Waals surface area contributed by atoms with E-state index in [2.05, 4.69) is 5.32 Å². The van der Waals surface area contributed by atoms with Crippen molar-refractivity contribution in [2.24, 2.45) is 0 Å². The van der Waals surface area contributed by atoms with Crippen molar-refractivity contribution in [1.82, 2.24) is 5.32 Å². The van der Waals surface area contributed by atoms with Crippen LogP contribution in [0.3, 0.4) is 0 Å². The molecule has 0 aromatic rings. The standard InChI is InChI=1S/C15H27NO3/c1-3-14(2,13(17)18)16-11-12-7-10-15(19-12)8-5-4-6-9-15/h12,16H,3-11H2,1-2H3,(H,17,18). The molecule has 1 spiro atoms. The maximum absolute atomic E-state index is 11.2. The molecule has 1 saturated carbocycles. The molecule has 0 bridgehead atoms. The highest BCUT2D eigenvalue weighted by molar-refractivity contribution is 5.78. The number of nitrogens with one attached hydrogen (secondary N) is 1. The minimum absolute atomic E-state index is 0.121. The molecule has 0 aromatic heterocycles. The summed E-state index contributed by atoms with van der Waals surface area (Å²) in [6, 6.07) is 0. The van der Waals surface area contributed by atoms with E-state index >= 15 is 0 Å². The van der Waals surface area contributed by atoms with E-state index in [9.17, 15) is 9.90 Å². The number of ether oxygens (including phenoxy) is 1. The minimum atomic E-state index is -0.828. The first-order chi connectivity index (χ1) is 9.00. The largest absolute Gasteiger partial charge is 0.480 e. The van der Waals surface area contributed by atoms with Crippen molar-refractivity contribution in [3.05, 3.63) is 0 Å². The maximum Gasteiger partial charge on any atom is 0.323 e. The van der Waals surface area contributed by atoms with Crippen LogP contribution in [0.2, 0.25) is 0 Å². The molecule has 1 aliphatic carbocycles. The first kappa shape index (κ1) is 14.8. The fourth-order valence-corrected chi connectivity index (χ4v) is 3.29. The first-order valence-corrected chi connectivity index (χ1v) is 7.66. The van der Waals surface area contributed by atoms with Gasteiger partial charge in [-0.15, -0.1) is 0 Å². The average Bonchev–Trinajstić information content (AvgIpc) is 2.79. The highest BCUT2D eigenvalue weighted by atomic mass is 16.5. The van der Waals surface area contributed by atoms with Crippen molar-refractivity contribution in [2.45, 2.75) is 82.5 Å². The normalized spacial score (nSPS) is 29.3. The molecule has 1 aliphatic heterocycles. The third kappa shape index (κ3) is 3.29. The van der Waals surface area contributed by atoms with E-state index in [1.165, 1.54) is 32.1 Å². The fraction of sp³-hybridized carbons (Fsp3) is 0.933. The van der Waals surface area contributed by atoms with E-state index in [-0.39, 0.29) is 11.7 Å². The van der Waals surface area contributed by atoms with E-state index in [1.807, 2.05) is 6.92 Å². The zero-order valence-electron chi connectivity index (χ0n) is 12.2. The molecule has 0 aromatic carbocycles. The van der Waals surface area contributed by atoms with Crippen LogP contribution in [0.4, 0.5) is 0 Å². The van der Waals surface area contributed by atoms with Crippen LogP contribution in [-0.4, -0.2) is 34.9 Å². The highest BCUT2D eigenvalue weighted by Crippen LogP contribution is 2.41. The number of aliphatic carboxylic acids is 1. The lowest BCUT2D eigenvalue weighted by molar-refractivity contribution is -0.144. The summed E-state index contributed by atoms with van der Waals surface area (Å²) >= 11 is 0. The van der Waals surface area contributed by atoms with Gasteiger partial charge in [0.1, 0.15) is 5.54 Å². The molecule has 1 saturated heterocycles. The Balaban J connectivity index is 1.83. The molecule has 2 fully saturated rings. The number of carboxylic acids is 1. The first-order valence-electron chi connectivity index (χ1n) is 7.66. The van der Waals surface area contributed by atoms with Crippen LogP contribution in [-0.2, 0) is 9.53 Å². The molecule has 2 rings (SSSR count). The molecule has 2 atom stereocenters. The molecule has 2 unspecified atom stereocenters. The molecule has 2 aliphatic rings. The van der Waals surface area contributed by atoms with E-state index < -0.39 is 11.5 Å². The monoisotopic (exact) mass is 269 g/mol. The summed E-state index contributed by atoms with van der Waals surface area (Å²) < 4.78 is 6.25. The van der Waals surface area contributed by atoms with E-state index in [4.69, 9.17) is 4.74 Å². The smallest absolute Gasteiger partial charge is 0.323 e. The molecular weight excluding hydrogens is 242 g/mol. The van der Waals surface area contributed by atoms with Crippen LogP contribution in [0, 0.1) is 0 Å². The summed E-state index contributed by atoms with van der Waals surface area (Å²) in [7, 11) is 0. The molecule has 2 N–H and O–H groups in total. The Labute approximate surface area is 115 Å². The lowest BCUT2D eigenvalue weighted by Gasteiger charge is -2.34. The van der Waals surface area contributed by atoms with Crippen LogP contribution in [0.5, 0.6) is 0 Å². The number of carbonyl (C=O) groups is 1. The third-order valence-corrected chi connectivity index (χ3v) is 5.00. The zero-order chi connectivity index (χ0) is 13.9. The molecule has 1 heterocycles. The van der Waals surface area contributed by atoms with Gasteiger partial charge in [0.2, 0.25) is 0 Å². The van der Waals surface area contributed by atoms with Gasteiger partial charge in [0, 0.05) is 6.54 Å². The lowest BCUT2D eigenvalue weighted by Crippen LogP contribution is -2.51. The number of carboxylic acid groups (broad SMARTS) is 1. The van der Waals surface area contributed by atoms with Crippen molar-refractivity contribution in [3.8, 4) is 0 Å². The van der Waals surface area contributed by atoms with Crippen molar-refractivity contribution in [2.75, 3.05) is 6.54 Å². The second kappa shape index (κ2) is 5.80. The Hall–Kier alpha value is -0.610. The molecule has 4 nitrogen and oxygen atoms in total. The van der Waals surface area contributed by atoms with Crippen LogP contribution in [0.25, 0.3) is 0 Å². The van der Waals surface area contributed by atoms with Gasteiger partial charge in [-0.05, 0) is 39.0 Å². The minimum Gasteiger partial charge on any atom is -0.480 e. The lowest BCUT2D eigenvalue weighted by atomic mass is 9.83. The quantitative estimate of drug-likeness (QED) is 0.805. The average molecular weight is 269 g/mol. The molecule has 0 radical (unpaired) electrons. The summed E-state index contributed by atoms with van der Waals surface area (Å²) in [6.45, 7) is 4.30. The van der Waals surface area contributed by atoms with Gasteiger partial charge in [0.15, 0.2) is 0 Å². The van der Waals surface area contributed by atoms with Crippen LogP contribution in [0.15, 0.2) is 0 Å². The van der Waals surface area contributed by atoms with Crippen molar-refractivity contribution in [1.29, 1.82) is 0 Å². The van der Waals surface area contributed by atoms with Gasteiger partial charge in [0.05, 0.1) is 11.7 Å². The van der Waals surface area contributed by atoms with E-state index in [0.717, 1.165) is 12.8 Å². The number of rotatable bonds is 5. The maximum atomic E-state index is 11.2. The van der Waals surface area contributed by atoms with Crippen molar-refractivity contribution >= 4 is 5.97 Å². The van der Waals surface area contributed by atoms with Gasteiger partial charge < -0.3 is 9.84 Å². The van der Waals surface area contributed by atoms with Gasteiger partial charge in [-0.1, -0.05) is 26.2 Å². The predicted molar refractivity (Wildman–Crippen MR) is 74.3 cm³/mol. The van der Waals surface area contributed by atoms with Gasteiger partial charge in [0.25, 0.3) is 0 Å². The van der Waals surface area contributed by atoms with Crippen LogP contribution >= 0.6 is 0 Å². The second-order valence-electron chi connectivity index (χ2n) is 6.39. The summed E-state index contributed by atoms with van der Waals surface area (Å²) in [4.78, 5) is 11.2. The summed E-state index contributed by atoms with van der Waals surface area (Å²) in [5.74, 6) is -0.777. The Bertz CT molecular complexity index is 325. The molecular formula is C15H27NO3. The van der Waals surface area contributed by atoms with Crippen LogP contribution < -0.4 is 5.32 Å². The number of hydrogen-bond acceptors (Lipinski definition) is 3. The third-order valence-electron chi connectivity index (χ3n) is 5.00. The van der Waals surface area contributed by atoms with Crippen LogP contribution in [0.1, 0.15) is 65.2 Å². The van der Waals surface area contributed by atoms with Gasteiger partial charge in [-0.2, -0.15) is 0 Å². The second-order valence-corrected chi connectivity index (χ2v) is 6.39. The van der Waals surface area contributed by atoms with Gasteiger partial charge in [-0.25, -0.2) is 0 Å². The SMILES string of the molecule is CCC(C)(NCC1CCC2(CCCCC2)O1)C(=O)O. The number of hydrogen-bond donors (Lipinski definition) is 2. The van der Waals surface area contributed by atoms with Crippen molar-refractivity contribution < 1.29 is 14.6 Å². The summed E-state index contributed by atoms with van der Waals surface area (Å²) in [5, 5.41) is 12.4. The molecule has 19 heavy (non-hydrogen) atoms. The Kier molecular flexibility index (Phi) is 4.51. The molecule has 4 heteroatoms. The summed E-state index contributed by atoms with van der Waals surface area (Å²) in [6.07, 6.45) is 9.25. The molecule has 0 amide bonds. The van der Waals surface area contributed by atoms with Crippen molar-refractivity contribution in [3.63, 3.8) is 0 Å².